The number of hydrogen-bond donors (Lipinski definition) is 1. The second kappa shape index (κ2) is 5.86. The average Bonchev–Trinajstić information content (AvgIpc) is 3.01. The third-order valence-corrected chi connectivity index (χ3v) is 4.39. The van der Waals surface area contributed by atoms with Crippen LogP contribution >= 0.6 is 11.3 Å². The third-order valence-electron chi connectivity index (χ3n) is 3.58. The number of fused-ring (bicyclic) bond motifs is 1. The number of nitrogen functional groups attached to an aromatic ring is 1. The van der Waals surface area contributed by atoms with Crippen LogP contribution in [0, 0.1) is 0 Å². The molecule has 7 heteroatoms. The highest BCUT2D eigenvalue weighted by Crippen LogP contribution is 2.22. The Morgan fingerprint density at radius 2 is 1.86 bits per heavy atom. The van der Waals surface area contributed by atoms with Crippen LogP contribution < -0.4 is 5.73 Å². The van der Waals surface area contributed by atoms with E-state index in [2.05, 4.69) is 4.98 Å². The molecule has 2 heterocycles. The van der Waals surface area contributed by atoms with Crippen LogP contribution in [0.25, 0.3) is 0 Å². The quantitative estimate of drug-likeness (QED) is 0.845. The van der Waals surface area contributed by atoms with Crippen molar-refractivity contribution in [3.8, 4) is 0 Å². The Kier molecular flexibility index (Phi) is 3.91. The molecular formula is C15H16N4O2S. The van der Waals surface area contributed by atoms with Crippen LogP contribution in [0.3, 0.4) is 0 Å². The number of likely N-dealkylation sites (N-methyl/N-ethyl adjacent to an activating group) is 1. The standard InChI is InChI=1S/C15H16N4O2S/c1-18(9-10-8-17-15(16)22-10)6-7-19-13(20)11-4-2-3-5-12(11)14(19)21/h2-5,8H,6-7,9H2,1H3,(H2,16,17). The van der Waals surface area contributed by atoms with E-state index in [4.69, 9.17) is 5.73 Å². The number of aromatic nitrogens is 1. The first kappa shape index (κ1) is 14.7. The van der Waals surface area contributed by atoms with Gasteiger partial charge in [-0.05, 0) is 19.2 Å². The van der Waals surface area contributed by atoms with Crippen molar-refractivity contribution in [3.05, 3.63) is 46.5 Å². The van der Waals surface area contributed by atoms with Gasteiger partial charge in [0, 0.05) is 30.7 Å². The molecule has 6 nitrogen and oxygen atoms in total. The summed E-state index contributed by atoms with van der Waals surface area (Å²) >= 11 is 1.44. The minimum atomic E-state index is -0.212. The molecule has 0 fully saturated rings. The molecule has 114 valence electrons. The summed E-state index contributed by atoms with van der Waals surface area (Å²) in [5, 5.41) is 0.545. The van der Waals surface area contributed by atoms with Gasteiger partial charge in [0.15, 0.2) is 5.13 Å². The molecule has 3 rings (SSSR count). The average molecular weight is 316 g/mol. The predicted molar refractivity (Wildman–Crippen MR) is 84.7 cm³/mol. The van der Waals surface area contributed by atoms with Crippen LogP contribution in [0.1, 0.15) is 25.6 Å². The van der Waals surface area contributed by atoms with E-state index >= 15 is 0 Å². The Hall–Kier alpha value is -2.25. The van der Waals surface area contributed by atoms with E-state index in [0.717, 1.165) is 4.88 Å². The minimum absolute atomic E-state index is 0.212. The lowest BCUT2D eigenvalue weighted by atomic mass is 10.1. The van der Waals surface area contributed by atoms with E-state index in [-0.39, 0.29) is 11.8 Å². The Morgan fingerprint density at radius 1 is 1.23 bits per heavy atom. The fraction of sp³-hybridized carbons (Fsp3) is 0.267. The van der Waals surface area contributed by atoms with Gasteiger partial charge in [-0.3, -0.25) is 19.4 Å². The summed E-state index contributed by atoms with van der Waals surface area (Å²) in [6.07, 6.45) is 1.75. The Bertz CT molecular complexity index is 693. The SMILES string of the molecule is CN(CCN1C(=O)c2ccccc2C1=O)Cc1cnc(N)s1. The molecule has 0 radical (unpaired) electrons. The van der Waals surface area contributed by atoms with Crippen LogP contribution in [-0.4, -0.2) is 46.7 Å². The lowest BCUT2D eigenvalue weighted by Gasteiger charge is -2.19. The van der Waals surface area contributed by atoms with E-state index in [9.17, 15) is 9.59 Å². The number of benzene rings is 1. The highest BCUT2D eigenvalue weighted by Gasteiger charge is 2.34. The van der Waals surface area contributed by atoms with Crippen molar-refractivity contribution in [2.45, 2.75) is 6.54 Å². The maximum absolute atomic E-state index is 12.2. The maximum atomic E-state index is 12.2. The van der Waals surface area contributed by atoms with Crippen LogP contribution in [0.5, 0.6) is 0 Å². The molecule has 2 aromatic rings. The van der Waals surface area contributed by atoms with Crippen molar-refractivity contribution in [3.63, 3.8) is 0 Å². The van der Waals surface area contributed by atoms with Gasteiger partial charge in [0.1, 0.15) is 0 Å². The number of imide groups is 1. The first-order chi connectivity index (χ1) is 10.6. The summed E-state index contributed by atoms with van der Waals surface area (Å²) in [6.45, 7) is 1.67. The van der Waals surface area contributed by atoms with Crippen LogP contribution in [0.4, 0.5) is 5.13 Å². The van der Waals surface area contributed by atoms with Gasteiger partial charge in [0.2, 0.25) is 0 Å². The molecule has 0 atom stereocenters. The minimum Gasteiger partial charge on any atom is -0.375 e. The molecule has 2 amide bonds. The first-order valence-corrected chi connectivity index (χ1v) is 7.72. The largest absolute Gasteiger partial charge is 0.375 e. The number of nitrogens with zero attached hydrogens (tertiary/aromatic N) is 3. The maximum Gasteiger partial charge on any atom is 0.261 e. The molecule has 0 unspecified atom stereocenters. The van der Waals surface area contributed by atoms with Gasteiger partial charge in [-0.2, -0.15) is 0 Å². The fourth-order valence-electron chi connectivity index (χ4n) is 2.45. The molecule has 1 aromatic carbocycles. The monoisotopic (exact) mass is 316 g/mol. The number of carbonyl (C=O) groups excluding carboxylic acids is 2. The van der Waals surface area contributed by atoms with Crippen LogP contribution in [-0.2, 0) is 6.54 Å². The highest BCUT2D eigenvalue weighted by molar-refractivity contribution is 7.15. The number of anilines is 1. The molecule has 22 heavy (non-hydrogen) atoms. The lowest BCUT2D eigenvalue weighted by molar-refractivity contribution is 0.0640. The fourth-order valence-corrected chi connectivity index (χ4v) is 3.22. The van der Waals surface area contributed by atoms with Crippen LogP contribution in [0.15, 0.2) is 30.5 Å². The zero-order chi connectivity index (χ0) is 15.7. The molecule has 1 aliphatic rings. The summed E-state index contributed by atoms with van der Waals surface area (Å²) < 4.78 is 0. The number of amides is 2. The Balaban J connectivity index is 1.60. The summed E-state index contributed by atoms with van der Waals surface area (Å²) in [5.41, 5.74) is 6.59. The smallest absolute Gasteiger partial charge is 0.261 e. The van der Waals surface area contributed by atoms with Gasteiger partial charge in [-0.15, -0.1) is 11.3 Å². The number of carbonyl (C=O) groups is 2. The van der Waals surface area contributed by atoms with Crippen molar-refractivity contribution in [1.29, 1.82) is 0 Å². The van der Waals surface area contributed by atoms with E-state index in [1.165, 1.54) is 16.2 Å². The topological polar surface area (TPSA) is 79.5 Å². The Labute approximate surface area is 132 Å². The summed E-state index contributed by atoms with van der Waals surface area (Å²) in [4.78, 5) is 32.9. The van der Waals surface area contributed by atoms with E-state index < -0.39 is 0 Å². The third kappa shape index (κ3) is 2.72. The highest BCUT2D eigenvalue weighted by atomic mass is 32.1. The molecule has 0 saturated carbocycles. The van der Waals surface area contributed by atoms with E-state index in [0.29, 0.717) is 35.9 Å². The normalized spacial score (nSPS) is 14.0. The first-order valence-electron chi connectivity index (χ1n) is 6.90. The molecule has 0 aliphatic carbocycles. The summed E-state index contributed by atoms with van der Waals surface area (Å²) in [6, 6.07) is 6.93. The second-order valence-corrected chi connectivity index (χ2v) is 6.36. The Morgan fingerprint density at radius 3 is 2.41 bits per heavy atom. The van der Waals surface area contributed by atoms with Gasteiger partial charge in [0.25, 0.3) is 11.8 Å². The van der Waals surface area contributed by atoms with Crippen molar-refractivity contribution in [2.75, 3.05) is 25.9 Å². The van der Waals surface area contributed by atoms with Crippen molar-refractivity contribution < 1.29 is 9.59 Å². The number of hydrogen-bond acceptors (Lipinski definition) is 6. The van der Waals surface area contributed by atoms with E-state index in [1.54, 1.807) is 30.5 Å². The van der Waals surface area contributed by atoms with Crippen molar-refractivity contribution in [2.24, 2.45) is 0 Å². The summed E-state index contributed by atoms with van der Waals surface area (Å²) in [5.74, 6) is -0.424. The van der Waals surface area contributed by atoms with Crippen molar-refractivity contribution >= 4 is 28.3 Å². The van der Waals surface area contributed by atoms with Gasteiger partial charge in [-0.1, -0.05) is 12.1 Å². The van der Waals surface area contributed by atoms with Gasteiger partial charge in [-0.25, -0.2) is 4.98 Å². The molecular weight excluding hydrogens is 300 g/mol. The molecule has 0 saturated heterocycles. The molecule has 1 aromatic heterocycles. The van der Waals surface area contributed by atoms with Crippen molar-refractivity contribution in [1.82, 2.24) is 14.8 Å². The zero-order valence-corrected chi connectivity index (χ0v) is 13.0. The summed E-state index contributed by atoms with van der Waals surface area (Å²) in [7, 11) is 1.94. The van der Waals surface area contributed by atoms with E-state index in [1.807, 2.05) is 11.9 Å². The molecule has 1 aliphatic heterocycles. The van der Waals surface area contributed by atoms with Gasteiger partial charge < -0.3 is 5.73 Å². The molecule has 0 bridgehead atoms. The van der Waals surface area contributed by atoms with Crippen LogP contribution in [0.2, 0.25) is 0 Å². The molecule has 0 spiro atoms. The number of rotatable bonds is 5. The second-order valence-electron chi connectivity index (χ2n) is 5.21. The van der Waals surface area contributed by atoms with Gasteiger partial charge >= 0.3 is 0 Å². The van der Waals surface area contributed by atoms with Gasteiger partial charge in [0.05, 0.1) is 11.1 Å². The zero-order valence-electron chi connectivity index (χ0n) is 12.2. The molecule has 2 N–H and O–H groups in total. The number of nitrogens with two attached hydrogens (primary N) is 1. The predicted octanol–water partition coefficient (Wildman–Crippen LogP) is 1.45. The number of thiazole rings is 1. The lowest BCUT2D eigenvalue weighted by Crippen LogP contribution is -2.36.